The van der Waals surface area contributed by atoms with Crippen LogP contribution in [0.15, 0.2) is 30.5 Å². The van der Waals surface area contributed by atoms with Crippen LogP contribution in [0.5, 0.6) is 0 Å². The zero-order valence-corrected chi connectivity index (χ0v) is 13.1. The molecular weight excluding hydrogens is 246 g/mol. The van der Waals surface area contributed by atoms with E-state index in [4.69, 9.17) is 0 Å². The monoisotopic (exact) mass is 271 g/mol. The SMILES string of the molecule is Cc1ccccc1C(C)NCc1cn(C)nc1C(C)C. The van der Waals surface area contributed by atoms with Gasteiger partial charge in [0.1, 0.15) is 0 Å². The molecule has 0 amide bonds. The van der Waals surface area contributed by atoms with E-state index >= 15 is 0 Å². The van der Waals surface area contributed by atoms with Crippen molar-refractivity contribution in [2.24, 2.45) is 7.05 Å². The van der Waals surface area contributed by atoms with Gasteiger partial charge in [-0.05, 0) is 30.9 Å². The van der Waals surface area contributed by atoms with Gasteiger partial charge in [0.05, 0.1) is 5.69 Å². The second-order valence-corrected chi connectivity index (χ2v) is 5.83. The summed E-state index contributed by atoms with van der Waals surface area (Å²) in [6.07, 6.45) is 2.12. The summed E-state index contributed by atoms with van der Waals surface area (Å²) in [4.78, 5) is 0. The first-order chi connectivity index (χ1) is 9.49. The molecule has 1 heterocycles. The zero-order valence-electron chi connectivity index (χ0n) is 13.1. The van der Waals surface area contributed by atoms with Gasteiger partial charge in [-0.3, -0.25) is 4.68 Å². The Hall–Kier alpha value is -1.61. The molecule has 0 bridgehead atoms. The molecule has 0 saturated carbocycles. The maximum Gasteiger partial charge on any atom is 0.0694 e. The number of hydrogen-bond donors (Lipinski definition) is 1. The van der Waals surface area contributed by atoms with Crippen molar-refractivity contribution in [2.45, 2.75) is 46.2 Å². The summed E-state index contributed by atoms with van der Waals surface area (Å²) in [5.41, 5.74) is 5.19. The lowest BCUT2D eigenvalue weighted by Gasteiger charge is -2.16. The van der Waals surface area contributed by atoms with Crippen molar-refractivity contribution in [3.8, 4) is 0 Å². The first kappa shape index (κ1) is 14.8. The highest BCUT2D eigenvalue weighted by atomic mass is 15.3. The van der Waals surface area contributed by atoms with Crippen molar-refractivity contribution in [1.29, 1.82) is 0 Å². The first-order valence-corrected chi connectivity index (χ1v) is 7.30. The van der Waals surface area contributed by atoms with E-state index in [2.05, 4.69) is 68.6 Å². The summed E-state index contributed by atoms with van der Waals surface area (Å²) >= 11 is 0. The molecule has 1 atom stereocenters. The molecule has 20 heavy (non-hydrogen) atoms. The van der Waals surface area contributed by atoms with Crippen LogP contribution in [0.25, 0.3) is 0 Å². The lowest BCUT2D eigenvalue weighted by Crippen LogP contribution is -2.19. The molecule has 1 aromatic carbocycles. The molecule has 0 saturated heterocycles. The average molecular weight is 271 g/mol. The Balaban J connectivity index is 2.07. The predicted molar refractivity (Wildman–Crippen MR) is 83.7 cm³/mol. The highest BCUT2D eigenvalue weighted by Crippen LogP contribution is 2.20. The summed E-state index contributed by atoms with van der Waals surface area (Å²) in [6, 6.07) is 8.89. The fraction of sp³-hybridized carbons (Fsp3) is 0.471. The standard InChI is InChI=1S/C17H25N3/c1-12(2)17-15(11-20(5)19-17)10-18-14(4)16-9-7-6-8-13(16)3/h6-9,11-12,14,18H,10H2,1-5H3. The molecule has 0 aliphatic rings. The summed E-state index contributed by atoms with van der Waals surface area (Å²) in [5, 5.41) is 8.17. The van der Waals surface area contributed by atoms with E-state index in [9.17, 15) is 0 Å². The van der Waals surface area contributed by atoms with Crippen LogP contribution in [0.1, 0.15) is 55.1 Å². The third kappa shape index (κ3) is 3.28. The molecule has 108 valence electrons. The smallest absolute Gasteiger partial charge is 0.0694 e. The number of aryl methyl sites for hydroxylation is 2. The summed E-state index contributed by atoms with van der Waals surface area (Å²) < 4.78 is 1.91. The van der Waals surface area contributed by atoms with Gasteiger partial charge < -0.3 is 5.32 Å². The molecule has 1 aromatic heterocycles. The van der Waals surface area contributed by atoms with Crippen LogP contribution in [-0.2, 0) is 13.6 Å². The van der Waals surface area contributed by atoms with Gasteiger partial charge in [0.2, 0.25) is 0 Å². The Bertz CT molecular complexity index is 569. The maximum absolute atomic E-state index is 4.56. The quantitative estimate of drug-likeness (QED) is 0.898. The van der Waals surface area contributed by atoms with Gasteiger partial charge in [0.25, 0.3) is 0 Å². The van der Waals surface area contributed by atoms with Crippen LogP contribution in [0.2, 0.25) is 0 Å². The maximum atomic E-state index is 4.56. The fourth-order valence-electron chi connectivity index (χ4n) is 2.62. The van der Waals surface area contributed by atoms with E-state index < -0.39 is 0 Å². The highest BCUT2D eigenvalue weighted by molar-refractivity contribution is 5.28. The molecular formula is C17H25N3. The van der Waals surface area contributed by atoms with Crippen LogP contribution >= 0.6 is 0 Å². The fourth-order valence-corrected chi connectivity index (χ4v) is 2.62. The van der Waals surface area contributed by atoms with E-state index in [1.807, 2.05) is 11.7 Å². The second-order valence-electron chi connectivity index (χ2n) is 5.83. The van der Waals surface area contributed by atoms with E-state index in [1.54, 1.807) is 0 Å². The number of nitrogens with one attached hydrogen (secondary N) is 1. The number of nitrogens with zero attached hydrogens (tertiary/aromatic N) is 2. The van der Waals surface area contributed by atoms with Crippen molar-refractivity contribution in [1.82, 2.24) is 15.1 Å². The molecule has 3 nitrogen and oxygen atoms in total. The Kier molecular flexibility index (Phi) is 4.61. The van der Waals surface area contributed by atoms with Gasteiger partial charge in [0, 0.05) is 31.4 Å². The van der Waals surface area contributed by atoms with Gasteiger partial charge >= 0.3 is 0 Å². The number of rotatable bonds is 5. The molecule has 1 N–H and O–H groups in total. The van der Waals surface area contributed by atoms with E-state index in [1.165, 1.54) is 22.4 Å². The van der Waals surface area contributed by atoms with Crippen molar-refractivity contribution in [3.63, 3.8) is 0 Å². The van der Waals surface area contributed by atoms with Crippen LogP contribution in [0.3, 0.4) is 0 Å². The minimum atomic E-state index is 0.344. The Morgan fingerprint density at radius 3 is 2.55 bits per heavy atom. The van der Waals surface area contributed by atoms with Crippen molar-refractivity contribution >= 4 is 0 Å². The topological polar surface area (TPSA) is 29.9 Å². The lowest BCUT2D eigenvalue weighted by atomic mass is 10.0. The van der Waals surface area contributed by atoms with Crippen LogP contribution in [-0.4, -0.2) is 9.78 Å². The Morgan fingerprint density at radius 2 is 1.90 bits per heavy atom. The largest absolute Gasteiger partial charge is 0.306 e. The van der Waals surface area contributed by atoms with E-state index in [0.29, 0.717) is 12.0 Å². The van der Waals surface area contributed by atoms with Gasteiger partial charge in [-0.25, -0.2) is 0 Å². The number of aromatic nitrogens is 2. The lowest BCUT2D eigenvalue weighted by molar-refractivity contribution is 0.568. The van der Waals surface area contributed by atoms with Gasteiger partial charge in [-0.2, -0.15) is 5.10 Å². The highest BCUT2D eigenvalue weighted by Gasteiger charge is 2.13. The number of hydrogen-bond acceptors (Lipinski definition) is 2. The minimum Gasteiger partial charge on any atom is -0.306 e. The summed E-state index contributed by atoms with van der Waals surface area (Å²) in [5.74, 6) is 0.460. The molecule has 0 aliphatic carbocycles. The Labute approximate surface area is 122 Å². The number of benzene rings is 1. The van der Waals surface area contributed by atoms with Gasteiger partial charge in [-0.15, -0.1) is 0 Å². The van der Waals surface area contributed by atoms with E-state index in [0.717, 1.165) is 6.54 Å². The average Bonchev–Trinajstić information content (AvgIpc) is 2.78. The first-order valence-electron chi connectivity index (χ1n) is 7.30. The van der Waals surface area contributed by atoms with Crippen LogP contribution < -0.4 is 5.32 Å². The molecule has 0 spiro atoms. The molecule has 0 fully saturated rings. The molecule has 3 heteroatoms. The van der Waals surface area contributed by atoms with E-state index in [-0.39, 0.29) is 0 Å². The van der Waals surface area contributed by atoms with Crippen molar-refractivity contribution in [3.05, 3.63) is 52.8 Å². The van der Waals surface area contributed by atoms with Crippen molar-refractivity contribution in [2.75, 3.05) is 0 Å². The third-order valence-corrected chi connectivity index (χ3v) is 3.74. The van der Waals surface area contributed by atoms with Gasteiger partial charge in [-0.1, -0.05) is 38.1 Å². The minimum absolute atomic E-state index is 0.344. The molecule has 1 unspecified atom stereocenters. The molecule has 0 radical (unpaired) electrons. The summed E-state index contributed by atoms with van der Waals surface area (Å²) in [6.45, 7) is 9.62. The third-order valence-electron chi connectivity index (χ3n) is 3.74. The van der Waals surface area contributed by atoms with Crippen molar-refractivity contribution < 1.29 is 0 Å². The van der Waals surface area contributed by atoms with Crippen LogP contribution in [0.4, 0.5) is 0 Å². The normalized spacial score (nSPS) is 12.9. The molecule has 2 aromatic rings. The Morgan fingerprint density at radius 1 is 1.20 bits per heavy atom. The van der Waals surface area contributed by atoms with Gasteiger partial charge in [0.15, 0.2) is 0 Å². The zero-order chi connectivity index (χ0) is 14.7. The second kappa shape index (κ2) is 6.23. The summed E-state index contributed by atoms with van der Waals surface area (Å²) in [7, 11) is 1.99. The molecule has 0 aliphatic heterocycles. The van der Waals surface area contributed by atoms with Crippen LogP contribution in [0, 0.1) is 6.92 Å². The predicted octanol–water partition coefficient (Wildman–Crippen LogP) is 3.70. The molecule has 2 rings (SSSR count).